The van der Waals surface area contributed by atoms with Gasteiger partial charge < -0.3 is 19.7 Å². The van der Waals surface area contributed by atoms with Crippen molar-refractivity contribution in [2.75, 3.05) is 23.4 Å². The average molecular weight is 417 g/mol. The first-order valence-electron chi connectivity index (χ1n) is 9.10. The van der Waals surface area contributed by atoms with Crippen LogP contribution in [0.1, 0.15) is 18.9 Å². The van der Waals surface area contributed by atoms with E-state index in [1.54, 1.807) is 43.3 Å². The molecule has 7 nitrogen and oxygen atoms in total. The molecule has 1 N–H and O–H groups in total. The summed E-state index contributed by atoms with van der Waals surface area (Å²) in [5, 5.41) is 3.16. The van der Waals surface area contributed by atoms with Gasteiger partial charge in [-0.25, -0.2) is 4.79 Å². The number of aryl methyl sites for hydroxylation is 1. The molecule has 1 atom stereocenters. The number of ether oxygens (including phenoxy) is 2. The van der Waals surface area contributed by atoms with Crippen molar-refractivity contribution in [3.63, 3.8) is 0 Å². The Morgan fingerprint density at radius 1 is 1.21 bits per heavy atom. The number of hydrogen-bond donors (Lipinski definition) is 1. The van der Waals surface area contributed by atoms with Gasteiger partial charge in [-0.2, -0.15) is 0 Å². The number of carbonyl (C=O) groups excluding carboxylic acids is 3. The minimum atomic E-state index is -0.694. The van der Waals surface area contributed by atoms with Crippen molar-refractivity contribution < 1.29 is 23.9 Å². The Balaban J connectivity index is 1.61. The van der Waals surface area contributed by atoms with Gasteiger partial charge in [0.05, 0.1) is 16.4 Å². The molecule has 0 aliphatic carbocycles. The second kappa shape index (κ2) is 8.96. The molecule has 1 aliphatic rings. The molecule has 0 saturated carbocycles. The molecule has 0 unspecified atom stereocenters. The van der Waals surface area contributed by atoms with Gasteiger partial charge in [0, 0.05) is 12.5 Å². The third kappa shape index (κ3) is 5.06. The van der Waals surface area contributed by atoms with E-state index in [-0.39, 0.29) is 25.0 Å². The first kappa shape index (κ1) is 20.7. The zero-order chi connectivity index (χ0) is 21.0. The van der Waals surface area contributed by atoms with Crippen LogP contribution in [0.3, 0.4) is 0 Å². The molecule has 0 spiro atoms. The minimum absolute atomic E-state index is 0.142. The maximum atomic E-state index is 12.8. The normalized spacial score (nSPS) is 15.8. The fraction of sp³-hybridized carbons (Fsp3) is 0.286. The monoisotopic (exact) mass is 416 g/mol. The van der Waals surface area contributed by atoms with Gasteiger partial charge in [-0.3, -0.25) is 9.59 Å². The lowest BCUT2D eigenvalue weighted by atomic mass is 10.1. The fourth-order valence-corrected chi connectivity index (χ4v) is 3.25. The Hall–Kier alpha value is -3.06. The second-order valence-corrected chi connectivity index (χ2v) is 7.17. The Kier molecular flexibility index (Phi) is 6.39. The molecule has 0 saturated heterocycles. The van der Waals surface area contributed by atoms with Crippen LogP contribution in [0.4, 0.5) is 11.4 Å². The molecule has 2 aromatic carbocycles. The van der Waals surface area contributed by atoms with Crippen molar-refractivity contribution >= 4 is 40.8 Å². The summed E-state index contributed by atoms with van der Waals surface area (Å²) in [5.74, 6) is -0.931. The van der Waals surface area contributed by atoms with Gasteiger partial charge in [-0.15, -0.1) is 0 Å². The number of anilines is 2. The number of halogens is 1. The molecule has 8 heteroatoms. The Labute approximate surface area is 173 Å². The average Bonchev–Trinajstić information content (AvgIpc) is 2.81. The van der Waals surface area contributed by atoms with Gasteiger partial charge in [-0.05, 0) is 43.7 Å². The van der Waals surface area contributed by atoms with Crippen LogP contribution < -0.4 is 15.0 Å². The minimum Gasteiger partial charge on any atom is -0.480 e. The summed E-state index contributed by atoms with van der Waals surface area (Å²) in [6.45, 7) is 2.81. The Morgan fingerprint density at radius 2 is 1.97 bits per heavy atom. The number of esters is 1. The molecule has 2 amide bonds. The first-order chi connectivity index (χ1) is 13.8. The fourth-order valence-electron chi connectivity index (χ4n) is 3.08. The van der Waals surface area contributed by atoms with E-state index in [2.05, 4.69) is 5.32 Å². The van der Waals surface area contributed by atoms with Crippen LogP contribution in [0.2, 0.25) is 5.02 Å². The highest BCUT2D eigenvalue weighted by Gasteiger charge is 2.30. The summed E-state index contributed by atoms with van der Waals surface area (Å²) < 4.78 is 10.5. The summed E-state index contributed by atoms with van der Waals surface area (Å²) in [6, 6.07) is 11.8. The van der Waals surface area contributed by atoms with E-state index in [1.807, 2.05) is 13.0 Å². The number of benzene rings is 2. The van der Waals surface area contributed by atoms with E-state index in [9.17, 15) is 14.4 Å². The standard InChI is InChI=1S/C21H21ClN2O5/c1-13-7-8-15(22)18(9-13)28-12-21(27)29-11-20(26)24-14(2)10-19(25)23-16-5-3-4-6-17(16)24/h3-9,14H,10-12H2,1-2H3,(H,23,25)/t14-/m1/s1. The van der Waals surface area contributed by atoms with Gasteiger partial charge in [0.1, 0.15) is 5.75 Å². The van der Waals surface area contributed by atoms with Crippen LogP contribution in [0.5, 0.6) is 5.75 Å². The highest BCUT2D eigenvalue weighted by Crippen LogP contribution is 2.31. The third-order valence-electron chi connectivity index (χ3n) is 4.42. The molecular weight excluding hydrogens is 396 g/mol. The smallest absolute Gasteiger partial charge is 0.344 e. The van der Waals surface area contributed by atoms with Crippen LogP contribution in [0, 0.1) is 6.92 Å². The van der Waals surface area contributed by atoms with E-state index in [4.69, 9.17) is 21.1 Å². The first-order valence-corrected chi connectivity index (χ1v) is 9.48. The van der Waals surface area contributed by atoms with Gasteiger partial charge in [-0.1, -0.05) is 29.8 Å². The summed E-state index contributed by atoms with van der Waals surface area (Å²) in [7, 11) is 0. The lowest BCUT2D eigenvalue weighted by Crippen LogP contribution is -2.41. The number of rotatable bonds is 5. The van der Waals surface area contributed by atoms with Gasteiger partial charge >= 0.3 is 5.97 Å². The van der Waals surface area contributed by atoms with Crippen molar-refractivity contribution in [2.24, 2.45) is 0 Å². The van der Waals surface area contributed by atoms with Gasteiger partial charge in [0.15, 0.2) is 13.2 Å². The zero-order valence-electron chi connectivity index (χ0n) is 16.1. The lowest BCUT2D eigenvalue weighted by molar-refractivity contribution is -0.149. The highest BCUT2D eigenvalue weighted by molar-refractivity contribution is 6.32. The second-order valence-electron chi connectivity index (χ2n) is 6.77. The number of para-hydroxylation sites is 2. The van der Waals surface area contributed by atoms with Crippen molar-refractivity contribution in [3.05, 3.63) is 53.1 Å². The largest absolute Gasteiger partial charge is 0.480 e. The molecule has 2 aromatic rings. The molecule has 1 aliphatic heterocycles. The highest BCUT2D eigenvalue weighted by atomic mass is 35.5. The van der Waals surface area contributed by atoms with E-state index in [0.717, 1.165) is 5.56 Å². The maximum absolute atomic E-state index is 12.8. The molecule has 0 radical (unpaired) electrons. The number of carbonyl (C=O) groups is 3. The topological polar surface area (TPSA) is 84.9 Å². The van der Waals surface area contributed by atoms with Crippen LogP contribution >= 0.6 is 11.6 Å². The summed E-state index contributed by atoms with van der Waals surface area (Å²) in [6.07, 6.45) is 0.142. The van der Waals surface area contributed by atoms with Crippen molar-refractivity contribution in [2.45, 2.75) is 26.3 Å². The zero-order valence-corrected chi connectivity index (χ0v) is 16.9. The van der Waals surface area contributed by atoms with Crippen LogP contribution in [-0.2, 0) is 19.1 Å². The third-order valence-corrected chi connectivity index (χ3v) is 4.73. The summed E-state index contributed by atoms with van der Waals surface area (Å²) >= 11 is 6.03. The van der Waals surface area contributed by atoms with Crippen molar-refractivity contribution in [3.8, 4) is 5.75 Å². The van der Waals surface area contributed by atoms with Gasteiger partial charge in [0.25, 0.3) is 5.91 Å². The number of amides is 2. The van der Waals surface area contributed by atoms with E-state index < -0.39 is 18.5 Å². The predicted octanol–water partition coefficient (Wildman–Crippen LogP) is 3.33. The summed E-state index contributed by atoms with van der Waals surface area (Å²) in [5.41, 5.74) is 2.04. The van der Waals surface area contributed by atoms with E-state index in [1.165, 1.54) is 4.90 Å². The lowest BCUT2D eigenvalue weighted by Gasteiger charge is -2.27. The van der Waals surface area contributed by atoms with Gasteiger partial charge in [0.2, 0.25) is 5.91 Å². The van der Waals surface area contributed by atoms with Crippen molar-refractivity contribution in [1.82, 2.24) is 0 Å². The number of hydrogen-bond acceptors (Lipinski definition) is 5. The number of nitrogens with one attached hydrogen (secondary N) is 1. The van der Waals surface area contributed by atoms with Crippen LogP contribution in [0.15, 0.2) is 42.5 Å². The molecule has 0 bridgehead atoms. The molecule has 3 rings (SSSR count). The van der Waals surface area contributed by atoms with E-state index in [0.29, 0.717) is 22.1 Å². The molecule has 29 heavy (non-hydrogen) atoms. The molecule has 0 fully saturated rings. The quantitative estimate of drug-likeness (QED) is 0.755. The SMILES string of the molecule is Cc1ccc(Cl)c(OCC(=O)OCC(=O)N2c3ccccc3NC(=O)C[C@H]2C)c1. The predicted molar refractivity (Wildman–Crippen MR) is 109 cm³/mol. The Bertz CT molecular complexity index is 946. The molecular formula is C21H21ClN2O5. The number of fused-ring (bicyclic) bond motifs is 1. The summed E-state index contributed by atoms with van der Waals surface area (Å²) in [4.78, 5) is 38.2. The van der Waals surface area contributed by atoms with Crippen molar-refractivity contribution in [1.29, 1.82) is 0 Å². The molecule has 152 valence electrons. The Morgan fingerprint density at radius 3 is 2.76 bits per heavy atom. The van der Waals surface area contributed by atoms with Crippen LogP contribution in [-0.4, -0.2) is 37.0 Å². The van der Waals surface area contributed by atoms with Crippen LogP contribution in [0.25, 0.3) is 0 Å². The number of nitrogens with zero attached hydrogens (tertiary/aromatic N) is 1. The van der Waals surface area contributed by atoms with E-state index >= 15 is 0 Å². The molecule has 1 heterocycles. The maximum Gasteiger partial charge on any atom is 0.344 e. The molecule has 0 aromatic heterocycles.